The fraction of sp³-hybridized carbons (Fsp3) is 0.278. The van der Waals surface area contributed by atoms with Crippen LogP contribution in [0, 0.1) is 19.8 Å². The molecular weight excluding hydrogens is 296 g/mol. The molecule has 0 saturated heterocycles. The Morgan fingerprint density at radius 3 is 1.95 bits per heavy atom. The first-order valence-electron chi connectivity index (χ1n) is 7.31. The van der Waals surface area contributed by atoms with Crippen molar-refractivity contribution >= 4 is 15.6 Å². The Morgan fingerprint density at radius 1 is 0.909 bits per heavy atom. The van der Waals surface area contributed by atoms with Crippen LogP contribution in [0.25, 0.3) is 0 Å². The van der Waals surface area contributed by atoms with Crippen LogP contribution in [0.4, 0.5) is 0 Å². The normalized spacial score (nSPS) is 20.6. The zero-order valence-corrected chi connectivity index (χ0v) is 13.4. The topological polar surface area (TPSA) is 51.2 Å². The molecule has 4 heteroatoms. The van der Waals surface area contributed by atoms with E-state index in [9.17, 15) is 13.2 Å². The van der Waals surface area contributed by atoms with Crippen molar-refractivity contribution in [2.45, 2.75) is 30.4 Å². The Balaban J connectivity index is 1.80. The zero-order chi connectivity index (χ0) is 15.9. The van der Waals surface area contributed by atoms with Gasteiger partial charge < -0.3 is 0 Å². The highest BCUT2D eigenvalue weighted by atomic mass is 32.2. The van der Waals surface area contributed by atoms with E-state index in [1.807, 2.05) is 26.0 Å². The molecule has 2 aromatic rings. The molecule has 0 heterocycles. The predicted octanol–water partition coefficient (Wildman–Crippen LogP) is 3.35. The predicted molar refractivity (Wildman–Crippen MR) is 85.8 cm³/mol. The molecule has 0 unspecified atom stereocenters. The molecule has 0 aliphatic heterocycles. The molecule has 0 aromatic heterocycles. The Bertz CT molecular complexity index is 802. The van der Waals surface area contributed by atoms with Crippen molar-refractivity contribution < 1.29 is 13.2 Å². The number of sulfone groups is 1. The molecule has 1 saturated carbocycles. The summed E-state index contributed by atoms with van der Waals surface area (Å²) in [4.78, 5) is 12.7. The third-order valence-corrected chi connectivity index (χ3v) is 6.40. The highest BCUT2D eigenvalue weighted by Crippen LogP contribution is 2.42. The molecule has 3 rings (SSSR count). The van der Waals surface area contributed by atoms with Crippen LogP contribution >= 0.6 is 0 Å². The second kappa shape index (κ2) is 5.36. The number of benzene rings is 2. The average Bonchev–Trinajstić information content (AvgIpc) is 3.29. The van der Waals surface area contributed by atoms with Crippen molar-refractivity contribution in [2.24, 2.45) is 5.92 Å². The second-order valence-electron chi connectivity index (χ2n) is 5.97. The average molecular weight is 314 g/mol. The maximum Gasteiger partial charge on any atom is 0.181 e. The van der Waals surface area contributed by atoms with E-state index < -0.39 is 21.0 Å². The molecule has 1 aliphatic rings. The van der Waals surface area contributed by atoms with Gasteiger partial charge >= 0.3 is 0 Å². The molecule has 0 N–H and O–H groups in total. The van der Waals surface area contributed by atoms with Crippen LogP contribution in [0.3, 0.4) is 0 Å². The van der Waals surface area contributed by atoms with Gasteiger partial charge in [0.05, 0.1) is 10.1 Å². The van der Waals surface area contributed by atoms with Crippen LogP contribution in [0.15, 0.2) is 53.4 Å². The molecule has 0 bridgehead atoms. The Morgan fingerprint density at radius 2 is 1.41 bits per heavy atom. The SMILES string of the molecule is Cc1ccc(C(=O)[C@@H]2C[C@H]2S(=O)(=O)c2ccc(C)cc2)cc1. The van der Waals surface area contributed by atoms with Crippen molar-refractivity contribution in [2.75, 3.05) is 0 Å². The van der Waals surface area contributed by atoms with Crippen LogP contribution in [-0.4, -0.2) is 19.5 Å². The van der Waals surface area contributed by atoms with Crippen LogP contribution in [-0.2, 0) is 9.84 Å². The van der Waals surface area contributed by atoms with E-state index >= 15 is 0 Å². The quantitative estimate of drug-likeness (QED) is 0.813. The van der Waals surface area contributed by atoms with Gasteiger partial charge in [0.2, 0.25) is 0 Å². The van der Waals surface area contributed by atoms with E-state index in [4.69, 9.17) is 0 Å². The molecule has 0 amide bonds. The van der Waals surface area contributed by atoms with Crippen LogP contribution < -0.4 is 0 Å². The van der Waals surface area contributed by atoms with E-state index in [1.54, 1.807) is 36.4 Å². The summed E-state index contributed by atoms with van der Waals surface area (Å²) in [6.45, 7) is 3.87. The number of rotatable bonds is 4. The van der Waals surface area contributed by atoms with Crippen LogP contribution in [0.1, 0.15) is 27.9 Å². The standard InChI is InChI=1S/C18H18O3S/c1-12-3-7-14(8-4-12)18(19)16-11-17(16)22(20,21)15-9-5-13(2)6-10-15/h3-10,16-17H,11H2,1-2H3/t16-,17-/m1/s1. The fourth-order valence-corrected chi connectivity index (χ4v) is 4.51. The lowest BCUT2D eigenvalue weighted by molar-refractivity contribution is 0.0968. The van der Waals surface area contributed by atoms with Gasteiger partial charge in [0.15, 0.2) is 15.6 Å². The van der Waals surface area contributed by atoms with Crippen molar-refractivity contribution in [3.63, 3.8) is 0 Å². The van der Waals surface area contributed by atoms with E-state index in [0.717, 1.165) is 11.1 Å². The zero-order valence-electron chi connectivity index (χ0n) is 12.6. The van der Waals surface area contributed by atoms with Gasteiger partial charge in [0.1, 0.15) is 0 Å². The molecular formula is C18H18O3S. The third-order valence-electron chi connectivity index (χ3n) is 4.15. The maximum absolute atomic E-state index is 12.6. The molecule has 0 spiro atoms. The minimum Gasteiger partial charge on any atom is -0.294 e. The number of hydrogen-bond acceptors (Lipinski definition) is 3. The minimum absolute atomic E-state index is 0.0688. The molecule has 0 radical (unpaired) electrons. The van der Waals surface area contributed by atoms with E-state index in [1.165, 1.54) is 0 Å². The second-order valence-corrected chi connectivity index (χ2v) is 8.14. The van der Waals surface area contributed by atoms with Gasteiger partial charge in [-0.05, 0) is 32.4 Å². The molecule has 1 aliphatic carbocycles. The number of ketones is 1. The van der Waals surface area contributed by atoms with Crippen LogP contribution in [0.2, 0.25) is 0 Å². The number of aryl methyl sites for hydroxylation is 2. The molecule has 2 aromatic carbocycles. The number of Topliss-reactive ketones (excluding diaryl/α,β-unsaturated/α-hetero) is 1. The lowest BCUT2D eigenvalue weighted by atomic mass is 10.1. The van der Waals surface area contributed by atoms with E-state index in [-0.39, 0.29) is 5.78 Å². The van der Waals surface area contributed by atoms with Gasteiger partial charge in [-0.15, -0.1) is 0 Å². The van der Waals surface area contributed by atoms with Gasteiger partial charge in [-0.3, -0.25) is 4.79 Å². The Labute approximate surface area is 130 Å². The van der Waals surface area contributed by atoms with Crippen molar-refractivity contribution in [3.05, 3.63) is 65.2 Å². The van der Waals surface area contributed by atoms with Crippen LogP contribution in [0.5, 0.6) is 0 Å². The largest absolute Gasteiger partial charge is 0.294 e. The van der Waals surface area contributed by atoms with Crippen molar-refractivity contribution in [1.29, 1.82) is 0 Å². The Hall–Kier alpha value is -1.94. The van der Waals surface area contributed by atoms with Crippen molar-refractivity contribution in [1.82, 2.24) is 0 Å². The molecule has 2 atom stereocenters. The first-order valence-corrected chi connectivity index (χ1v) is 8.85. The molecule has 1 fully saturated rings. The van der Waals surface area contributed by atoms with Gasteiger partial charge in [-0.1, -0.05) is 47.5 Å². The van der Waals surface area contributed by atoms with Gasteiger partial charge in [0, 0.05) is 11.5 Å². The number of carbonyl (C=O) groups is 1. The summed E-state index contributed by atoms with van der Waals surface area (Å²) >= 11 is 0. The van der Waals surface area contributed by atoms with Gasteiger partial charge in [-0.2, -0.15) is 0 Å². The van der Waals surface area contributed by atoms with Gasteiger partial charge in [-0.25, -0.2) is 8.42 Å². The molecule has 3 nitrogen and oxygen atoms in total. The summed E-state index contributed by atoms with van der Waals surface area (Å²) < 4.78 is 25.1. The van der Waals surface area contributed by atoms with Gasteiger partial charge in [0.25, 0.3) is 0 Å². The summed E-state index contributed by atoms with van der Waals surface area (Å²) in [5.74, 6) is -0.477. The molecule has 22 heavy (non-hydrogen) atoms. The number of carbonyl (C=O) groups excluding carboxylic acids is 1. The smallest absolute Gasteiger partial charge is 0.181 e. The maximum atomic E-state index is 12.6. The van der Waals surface area contributed by atoms with E-state index in [0.29, 0.717) is 16.9 Å². The summed E-state index contributed by atoms with van der Waals surface area (Å²) in [6.07, 6.45) is 0.420. The summed E-state index contributed by atoms with van der Waals surface area (Å²) in [5.41, 5.74) is 2.69. The Kier molecular flexibility index (Phi) is 3.65. The first kappa shape index (κ1) is 15.0. The van der Waals surface area contributed by atoms with Crippen molar-refractivity contribution in [3.8, 4) is 0 Å². The first-order chi connectivity index (χ1) is 10.4. The summed E-state index contributed by atoms with van der Waals surface area (Å²) in [7, 11) is -3.41. The minimum atomic E-state index is -3.41. The third kappa shape index (κ3) is 2.71. The lowest BCUT2D eigenvalue weighted by Crippen LogP contribution is -2.14. The molecule has 114 valence electrons. The monoisotopic (exact) mass is 314 g/mol. The summed E-state index contributed by atoms with van der Waals surface area (Å²) in [5, 5.41) is -0.580. The highest BCUT2D eigenvalue weighted by molar-refractivity contribution is 7.92. The summed E-state index contributed by atoms with van der Waals surface area (Å²) in [6, 6.07) is 14.1. The number of hydrogen-bond donors (Lipinski definition) is 0. The van der Waals surface area contributed by atoms with E-state index in [2.05, 4.69) is 0 Å². The highest BCUT2D eigenvalue weighted by Gasteiger charge is 2.52. The lowest BCUT2D eigenvalue weighted by Gasteiger charge is -2.05. The fourth-order valence-electron chi connectivity index (χ4n) is 2.63.